The van der Waals surface area contributed by atoms with E-state index in [1.807, 2.05) is 4.90 Å². The number of nitrogens with zero attached hydrogens (tertiary/aromatic N) is 1. The van der Waals surface area contributed by atoms with Crippen LogP contribution in [0.5, 0.6) is 0 Å². The minimum absolute atomic E-state index is 0.103. The number of carbonyl (C=O) groups is 1. The molecule has 4 nitrogen and oxygen atoms in total. The number of hydrogen-bond donors (Lipinski definition) is 2. The number of hydrogen-bond acceptors (Lipinski definition) is 2. The van der Waals surface area contributed by atoms with Crippen molar-refractivity contribution in [3.05, 3.63) is 35.4 Å². The van der Waals surface area contributed by atoms with Gasteiger partial charge in [0.05, 0.1) is 0 Å². The molecule has 4 heteroatoms. The van der Waals surface area contributed by atoms with E-state index < -0.39 is 0 Å². The number of aryl methyl sites for hydroxylation is 1. The largest absolute Gasteiger partial charge is 0.396 e. The van der Waals surface area contributed by atoms with Crippen molar-refractivity contribution in [1.29, 1.82) is 0 Å². The second-order valence-electron chi connectivity index (χ2n) is 8.11. The minimum atomic E-state index is 0.103. The number of carbonyl (C=O) groups excluding carboxylic acids is 1. The molecule has 2 amide bonds. The first kappa shape index (κ1) is 16.9. The zero-order chi connectivity index (χ0) is 17.3. The molecule has 0 aromatic heterocycles. The number of amides is 2. The van der Waals surface area contributed by atoms with Crippen LogP contribution in [0.15, 0.2) is 24.3 Å². The van der Waals surface area contributed by atoms with Crippen LogP contribution in [0.25, 0.3) is 0 Å². The molecule has 136 valence electrons. The van der Waals surface area contributed by atoms with E-state index in [4.69, 9.17) is 5.11 Å². The SMILES string of the molecule is O=C(NCC1CC12CCCc1ccccc12)N(CCCCO)C1CC1. The third-order valence-electron chi connectivity index (χ3n) is 6.41. The van der Waals surface area contributed by atoms with E-state index in [1.54, 1.807) is 5.56 Å². The molecule has 2 fully saturated rings. The van der Waals surface area contributed by atoms with Gasteiger partial charge in [-0.15, -0.1) is 0 Å². The molecule has 2 saturated carbocycles. The highest BCUT2D eigenvalue weighted by molar-refractivity contribution is 5.75. The molecule has 1 aromatic carbocycles. The standard InChI is InChI=1S/C21H30N2O2/c24-13-4-3-12-23(18-9-10-18)20(25)22-15-17-14-21(17)11-5-7-16-6-1-2-8-19(16)21/h1-2,6,8,17-18,24H,3-5,7,9-15H2,(H,22,25). The zero-order valence-corrected chi connectivity index (χ0v) is 15.0. The summed E-state index contributed by atoms with van der Waals surface area (Å²) in [6.45, 7) is 1.79. The third-order valence-corrected chi connectivity index (χ3v) is 6.41. The number of benzene rings is 1. The highest BCUT2D eigenvalue weighted by Crippen LogP contribution is 2.59. The van der Waals surface area contributed by atoms with Gasteiger partial charge in [0.25, 0.3) is 0 Å². The van der Waals surface area contributed by atoms with Gasteiger partial charge in [-0.05, 0) is 68.4 Å². The lowest BCUT2D eigenvalue weighted by Gasteiger charge is -2.27. The molecule has 0 aliphatic heterocycles. The normalized spacial score (nSPS) is 27.0. The maximum atomic E-state index is 12.6. The second-order valence-corrected chi connectivity index (χ2v) is 8.11. The van der Waals surface area contributed by atoms with Crippen molar-refractivity contribution >= 4 is 6.03 Å². The lowest BCUT2D eigenvalue weighted by Crippen LogP contribution is -2.43. The van der Waals surface area contributed by atoms with Crippen LogP contribution in [-0.4, -0.2) is 41.8 Å². The Balaban J connectivity index is 1.33. The Hall–Kier alpha value is -1.55. The first-order valence-electron chi connectivity index (χ1n) is 9.98. The van der Waals surface area contributed by atoms with E-state index in [0.717, 1.165) is 38.8 Å². The lowest BCUT2D eigenvalue weighted by atomic mass is 9.78. The van der Waals surface area contributed by atoms with Gasteiger partial charge in [-0.25, -0.2) is 4.79 Å². The number of nitrogens with one attached hydrogen (secondary N) is 1. The summed E-state index contributed by atoms with van der Waals surface area (Å²) in [5.74, 6) is 0.594. The quantitative estimate of drug-likeness (QED) is 0.748. The first-order valence-corrected chi connectivity index (χ1v) is 9.98. The fraction of sp³-hybridized carbons (Fsp3) is 0.667. The third kappa shape index (κ3) is 3.41. The molecular formula is C21H30N2O2. The molecule has 3 aliphatic rings. The summed E-state index contributed by atoms with van der Waals surface area (Å²) in [6, 6.07) is 9.43. The van der Waals surface area contributed by atoms with Gasteiger partial charge >= 0.3 is 6.03 Å². The van der Waals surface area contributed by atoms with Gasteiger partial charge in [-0.3, -0.25) is 0 Å². The molecule has 3 aliphatic carbocycles. The van der Waals surface area contributed by atoms with Crippen LogP contribution in [0, 0.1) is 5.92 Å². The maximum Gasteiger partial charge on any atom is 0.317 e. The van der Waals surface area contributed by atoms with Gasteiger partial charge in [-0.1, -0.05) is 24.3 Å². The number of unbranched alkanes of at least 4 members (excludes halogenated alkanes) is 1. The highest BCUT2D eigenvalue weighted by Gasteiger charge is 2.56. The molecule has 1 aromatic rings. The summed E-state index contributed by atoms with van der Waals surface area (Å²) in [4.78, 5) is 14.6. The van der Waals surface area contributed by atoms with Crippen molar-refractivity contribution in [3.63, 3.8) is 0 Å². The van der Waals surface area contributed by atoms with E-state index in [2.05, 4.69) is 29.6 Å². The van der Waals surface area contributed by atoms with E-state index in [-0.39, 0.29) is 12.6 Å². The van der Waals surface area contributed by atoms with Gasteiger partial charge in [0, 0.05) is 31.2 Å². The second kappa shape index (κ2) is 6.99. The van der Waals surface area contributed by atoms with Crippen LogP contribution >= 0.6 is 0 Å². The minimum Gasteiger partial charge on any atom is -0.396 e. The van der Waals surface area contributed by atoms with Gasteiger partial charge in [0.15, 0.2) is 0 Å². The number of aliphatic hydroxyl groups excluding tert-OH is 1. The Morgan fingerprint density at radius 2 is 2.12 bits per heavy atom. The summed E-state index contributed by atoms with van der Waals surface area (Å²) in [7, 11) is 0. The number of aliphatic hydroxyl groups is 1. The molecule has 2 N–H and O–H groups in total. The van der Waals surface area contributed by atoms with Crippen LogP contribution < -0.4 is 5.32 Å². The fourth-order valence-corrected chi connectivity index (χ4v) is 4.78. The van der Waals surface area contributed by atoms with Crippen molar-refractivity contribution in [2.45, 2.75) is 62.8 Å². The Morgan fingerprint density at radius 3 is 2.92 bits per heavy atom. The molecule has 0 heterocycles. The highest BCUT2D eigenvalue weighted by atomic mass is 16.3. The monoisotopic (exact) mass is 342 g/mol. The molecule has 4 rings (SSSR count). The van der Waals surface area contributed by atoms with Crippen LogP contribution in [0.4, 0.5) is 4.79 Å². The van der Waals surface area contributed by atoms with Crippen molar-refractivity contribution in [3.8, 4) is 0 Å². The Morgan fingerprint density at radius 1 is 1.28 bits per heavy atom. The van der Waals surface area contributed by atoms with Crippen molar-refractivity contribution in [2.24, 2.45) is 5.92 Å². The predicted molar refractivity (Wildman–Crippen MR) is 98.6 cm³/mol. The van der Waals surface area contributed by atoms with Crippen LogP contribution in [-0.2, 0) is 11.8 Å². The van der Waals surface area contributed by atoms with Crippen LogP contribution in [0.2, 0.25) is 0 Å². The molecular weight excluding hydrogens is 312 g/mol. The summed E-state index contributed by atoms with van der Waals surface area (Å²) < 4.78 is 0. The van der Waals surface area contributed by atoms with E-state index >= 15 is 0 Å². The van der Waals surface area contributed by atoms with Crippen LogP contribution in [0.3, 0.4) is 0 Å². The molecule has 0 bridgehead atoms. The topological polar surface area (TPSA) is 52.6 Å². The summed E-state index contributed by atoms with van der Waals surface area (Å²) >= 11 is 0. The lowest BCUT2D eigenvalue weighted by molar-refractivity contribution is 0.190. The number of rotatable bonds is 7. The van der Waals surface area contributed by atoms with Crippen molar-refractivity contribution in [1.82, 2.24) is 10.2 Å². The summed E-state index contributed by atoms with van der Waals surface area (Å²) in [5.41, 5.74) is 3.40. The van der Waals surface area contributed by atoms with Gasteiger partial charge in [0.1, 0.15) is 0 Å². The van der Waals surface area contributed by atoms with Crippen LogP contribution in [0.1, 0.15) is 56.1 Å². The Kier molecular flexibility index (Phi) is 4.72. The maximum absolute atomic E-state index is 12.6. The zero-order valence-electron chi connectivity index (χ0n) is 15.0. The molecule has 2 unspecified atom stereocenters. The van der Waals surface area contributed by atoms with Gasteiger partial charge in [0.2, 0.25) is 0 Å². The van der Waals surface area contributed by atoms with E-state index in [0.29, 0.717) is 17.4 Å². The fourth-order valence-electron chi connectivity index (χ4n) is 4.78. The van der Waals surface area contributed by atoms with E-state index in [1.165, 1.54) is 31.2 Å². The number of fused-ring (bicyclic) bond motifs is 2. The molecule has 0 saturated heterocycles. The first-order chi connectivity index (χ1) is 12.2. The smallest absolute Gasteiger partial charge is 0.317 e. The average molecular weight is 342 g/mol. The predicted octanol–water partition coefficient (Wildman–Crippen LogP) is 3.23. The van der Waals surface area contributed by atoms with Crippen molar-refractivity contribution < 1.29 is 9.90 Å². The molecule has 0 radical (unpaired) electrons. The van der Waals surface area contributed by atoms with Crippen molar-refractivity contribution in [2.75, 3.05) is 19.7 Å². The van der Waals surface area contributed by atoms with Gasteiger partial charge < -0.3 is 15.3 Å². The molecule has 2 atom stereocenters. The molecule has 25 heavy (non-hydrogen) atoms. The average Bonchev–Trinajstić information content (AvgIpc) is 3.55. The summed E-state index contributed by atoms with van der Waals surface area (Å²) in [6.07, 6.45) is 8.90. The number of urea groups is 1. The van der Waals surface area contributed by atoms with Gasteiger partial charge in [-0.2, -0.15) is 0 Å². The Labute approximate surface area is 150 Å². The summed E-state index contributed by atoms with van der Waals surface area (Å²) in [5, 5.41) is 12.2. The molecule has 1 spiro atoms. The Bertz CT molecular complexity index is 628. The van der Waals surface area contributed by atoms with E-state index in [9.17, 15) is 4.79 Å².